The molecule has 0 radical (unpaired) electrons. The van der Waals surface area contributed by atoms with Gasteiger partial charge in [0.15, 0.2) is 0 Å². The van der Waals surface area contributed by atoms with E-state index >= 15 is 0 Å². The fourth-order valence-electron chi connectivity index (χ4n) is 0. The van der Waals surface area contributed by atoms with Gasteiger partial charge in [0.05, 0.1) is 5.34 Å². The number of halogens is 4. The lowest BCUT2D eigenvalue weighted by molar-refractivity contribution is 2.20. The molecule has 0 aromatic rings. The van der Waals surface area contributed by atoms with E-state index in [0.717, 1.165) is 0 Å². The maximum absolute atomic E-state index is 4.76. The average molecular weight is 186 g/mol. The lowest BCUT2D eigenvalue weighted by atomic mass is 11.3. The lowest BCUT2D eigenvalue weighted by Gasteiger charge is -1.42. The summed E-state index contributed by atoms with van der Waals surface area (Å²) in [7, 11) is 0. The van der Waals surface area contributed by atoms with Crippen LogP contribution in [0.4, 0.5) is 0 Å². The number of rotatable bonds is 0. The molecule has 0 saturated carbocycles. The van der Waals surface area contributed by atoms with Crippen molar-refractivity contribution in [2.45, 2.75) is 0 Å². The van der Waals surface area contributed by atoms with Gasteiger partial charge in [0.1, 0.15) is 0 Å². The zero-order valence-corrected chi connectivity index (χ0v) is 6.84. The third kappa shape index (κ3) is 205. The summed E-state index contributed by atoms with van der Waals surface area (Å²) in [5, 5.41) is 0.194. The molecule has 0 amide bonds. The van der Waals surface area contributed by atoms with Crippen molar-refractivity contribution in [1.82, 2.24) is 0 Å². The van der Waals surface area contributed by atoms with E-state index in [1.165, 1.54) is 0 Å². The molecule has 0 N–H and O–H groups in total. The van der Waals surface area contributed by atoms with E-state index in [9.17, 15) is 0 Å². The van der Waals surface area contributed by atoms with E-state index in [0.29, 0.717) is 0 Å². The Hall–Kier alpha value is 0.900. The largest absolute Gasteiger partial charge is 0.147 e. The van der Waals surface area contributed by atoms with Crippen molar-refractivity contribution in [3.63, 3.8) is 0 Å². The first-order valence-corrected chi connectivity index (χ1v) is 2.10. The predicted octanol–water partition coefficient (Wildman–Crippen LogP) is 3.07. The molecule has 0 aliphatic carbocycles. The first-order valence-electron chi connectivity index (χ1n) is 1.03. The summed E-state index contributed by atoms with van der Waals surface area (Å²) in [5.41, 5.74) is 0. The average Bonchev–Trinajstić information content (AvgIpc) is 1.46. The Balaban J connectivity index is -0.0000000105. The van der Waals surface area contributed by atoms with Crippen LogP contribution in [-0.4, -0.2) is 5.34 Å². The topological polar surface area (TPSA) is 0 Å². The third-order valence-corrected chi connectivity index (χ3v) is 0. The SMILES string of the molecule is C=C.Cl.Cl.ClCCl. The van der Waals surface area contributed by atoms with Crippen LogP contribution in [0.1, 0.15) is 0 Å². The molecule has 4 heteroatoms. The second-order valence-corrected chi connectivity index (χ2v) is 0.909. The van der Waals surface area contributed by atoms with Crippen LogP contribution in [0.5, 0.6) is 0 Å². The quantitative estimate of drug-likeness (QED) is 0.402. The summed E-state index contributed by atoms with van der Waals surface area (Å²) < 4.78 is 0. The van der Waals surface area contributed by atoms with E-state index in [1.54, 1.807) is 0 Å². The fraction of sp³-hybridized carbons (Fsp3) is 0.333. The van der Waals surface area contributed by atoms with Crippen molar-refractivity contribution in [2.75, 3.05) is 5.34 Å². The van der Waals surface area contributed by atoms with Crippen molar-refractivity contribution in [3.05, 3.63) is 13.2 Å². The van der Waals surface area contributed by atoms with Crippen LogP contribution in [-0.2, 0) is 0 Å². The van der Waals surface area contributed by atoms with Gasteiger partial charge in [-0.2, -0.15) is 0 Å². The van der Waals surface area contributed by atoms with E-state index in [1.807, 2.05) is 0 Å². The van der Waals surface area contributed by atoms with Crippen LogP contribution in [0, 0.1) is 0 Å². The van der Waals surface area contributed by atoms with Gasteiger partial charge in [0.25, 0.3) is 0 Å². The third-order valence-electron chi connectivity index (χ3n) is 0. The highest BCUT2D eigenvalue weighted by Crippen LogP contribution is 1.73. The Bertz CT molecular complexity index is 10.9. The van der Waals surface area contributed by atoms with E-state index < -0.39 is 0 Å². The Labute approximate surface area is 66.7 Å². The van der Waals surface area contributed by atoms with Gasteiger partial charge >= 0.3 is 0 Å². The van der Waals surface area contributed by atoms with Crippen molar-refractivity contribution in [1.29, 1.82) is 0 Å². The van der Waals surface area contributed by atoms with Crippen LogP contribution < -0.4 is 0 Å². The molecular formula is C3H8Cl4. The van der Waals surface area contributed by atoms with Crippen molar-refractivity contribution >= 4 is 48.0 Å². The standard InChI is InChI=1S/C2H4.CH2Cl2.2ClH/c1-2;2-1-3;;/h1-2H2;1H2;2*1H. The fourth-order valence-corrected chi connectivity index (χ4v) is 0. The molecule has 0 fully saturated rings. The summed E-state index contributed by atoms with van der Waals surface area (Å²) in [6.45, 7) is 6.00. The molecule has 0 nitrogen and oxygen atoms in total. The summed E-state index contributed by atoms with van der Waals surface area (Å²) in [6, 6.07) is 0. The molecular weight excluding hydrogens is 178 g/mol. The number of alkyl halides is 2. The Kier molecular flexibility index (Phi) is 235. The summed E-state index contributed by atoms with van der Waals surface area (Å²) in [4.78, 5) is 0. The molecule has 0 saturated heterocycles. The van der Waals surface area contributed by atoms with Gasteiger partial charge in [0, 0.05) is 0 Å². The van der Waals surface area contributed by atoms with Crippen LogP contribution in [0.25, 0.3) is 0 Å². The van der Waals surface area contributed by atoms with Gasteiger partial charge < -0.3 is 0 Å². The zero-order valence-electron chi connectivity index (χ0n) is 3.69. The molecule has 0 heterocycles. The maximum Gasteiger partial charge on any atom is 0.0967 e. The number of hydrogen-bond acceptors (Lipinski definition) is 0. The van der Waals surface area contributed by atoms with Crippen LogP contribution >= 0.6 is 48.0 Å². The summed E-state index contributed by atoms with van der Waals surface area (Å²) in [5.74, 6) is 0. The van der Waals surface area contributed by atoms with Gasteiger partial charge in [-0.3, -0.25) is 0 Å². The molecule has 0 spiro atoms. The zero-order chi connectivity index (χ0) is 4.71. The second-order valence-electron chi connectivity index (χ2n) is 0.101. The van der Waals surface area contributed by atoms with E-state index in [-0.39, 0.29) is 30.2 Å². The highest BCUT2D eigenvalue weighted by atomic mass is 35.5. The molecule has 0 aromatic heterocycles. The number of hydrogen-bond donors (Lipinski definition) is 0. The molecule has 0 aliphatic rings. The minimum Gasteiger partial charge on any atom is -0.147 e. The molecule has 0 aromatic carbocycles. The Morgan fingerprint density at radius 3 is 1.00 bits per heavy atom. The minimum atomic E-state index is 0. The highest BCUT2D eigenvalue weighted by molar-refractivity contribution is 6.40. The lowest BCUT2D eigenvalue weighted by Crippen LogP contribution is -1.24. The van der Waals surface area contributed by atoms with Gasteiger partial charge in [-0.05, 0) is 0 Å². The van der Waals surface area contributed by atoms with Crippen LogP contribution in [0.2, 0.25) is 0 Å². The Morgan fingerprint density at radius 1 is 1.00 bits per heavy atom. The maximum atomic E-state index is 4.76. The molecule has 48 valence electrons. The van der Waals surface area contributed by atoms with Gasteiger partial charge in [-0.15, -0.1) is 61.2 Å². The van der Waals surface area contributed by atoms with Gasteiger partial charge in [0.2, 0.25) is 0 Å². The monoisotopic (exact) mass is 184 g/mol. The predicted molar refractivity (Wildman–Crippen MR) is 42.3 cm³/mol. The molecule has 0 aliphatic heterocycles. The van der Waals surface area contributed by atoms with Gasteiger partial charge in [-0.25, -0.2) is 0 Å². The van der Waals surface area contributed by atoms with Crippen LogP contribution in [0.15, 0.2) is 13.2 Å². The smallest absolute Gasteiger partial charge is 0.0967 e. The molecule has 0 atom stereocenters. The van der Waals surface area contributed by atoms with Crippen molar-refractivity contribution in [2.24, 2.45) is 0 Å². The normalized spacial score (nSPS) is 3.14. The first kappa shape index (κ1) is 24.7. The van der Waals surface area contributed by atoms with Crippen molar-refractivity contribution in [3.8, 4) is 0 Å². The second kappa shape index (κ2) is 66.5. The van der Waals surface area contributed by atoms with Crippen molar-refractivity contribution < 1.29 is 0 Å². The molecule has 0 unspecified atom stereocenters. The Morgan fingerprint density at radius 2 is 1.00 bits per heavy atom. The minimum absolute atomic E-state index is 0. The highest BCUT2D eigenvalue weighted by Gasteiger charge is 1.41. The summed E-state index contributed by atoms with van der Waals surface area (Å²) >= 11 is 9.53. The molecule has 0 bridgehead atoms. The van der Waals surface area contributed by atoms with E-state index in [4.69, 9.17) is 23.2 Å². The van der Waals surface area contributed by atoms with Crippen LogP contribution in [0.3, 0.4) is 0 Å². The van der Waals surface area contributed by atoms with E-state index in [2.05, 4.69) is 13.2 Å². The molecule has 7 heavy (non-hydrogen) atoms. The van der Waals surface area contributed by atoms with Gasteiger partial charge in [-0.1, -0.05) is 0 Å². The molecule has 0 rings (SSSR count). The summed E-state index contributed by atoms with van der Waals surface area (Å²) in [6.07, 6.45) is 0. The first-order chi connectivity index (χ1) is 2.41.